The van der Waals surface area contributed by atoms with Crippen LogP contribution < -0.4 is 4.90 Å². The molecule has 1 aromatic carbocycles. The number of nitrogens with zero attached hydrogens (tertiary/aromatic N) is 2. The van der Waals surface area contributed by atoms with Crippen molar-refractivity contribution < 1.29 is 26.1 Å². The molecule has 5 nitrogen and oxygen atoms in total. The topological polar surface area (TPSA) is 70.5 Å². The Labute approximate surface area is 174 Å². The summed E-state index contributed by atoms with van der Waals surface area (Å²) in [6.07, 6.45) is -2.91. The third kappa shape index (κ3) is 4.02. The quantitative estimate of drug-likeness (QED) is 0.629. The number of pyridine rings is 1. The summed E-state index contributed by atoms with van der Waals surface area (Å²) in [7, 11) is -4.38. The van der Waals surface area contributed by atoms with Crippen molar-refractivity contribution in [2.45, 2.75) is 29.8 Å². The van der Waals surface area contributed by atoms with E-state index in [1.165, 1.54) is 12.1 Å². The molecule has 4 rings (SSSR count). The summed E-state index contributed by atoms with van der Waals surface area (Å²) in [6.45, 7) is 1.06. The van der Waals surface area contributed by atoms with E-state index >= 15 is 0 Å². The molecule has 0 spiro atoms. The van der Waals surface area contributed by atoms with Gasteiger partial charge in [-0.15, -0.1) is 0 Å². The summed E-state index contributed by atoms with van der Waals surface area (Å²) < 4.78 is 73.0. The molecule has 1 saturated carbocycles. The fraction of sp³-hybridized carbons (Fsp3) is 0.421. The summed E-state index contributed by atoms with van der Waals surface area (Å²) in [4.78, 5) is 5.51. The first-order valence-electron chi connectivity index (χ1n) is 9.10. The van der Waals surface area contributed by atoms with E-state index in [4.69, 9.17) is 0 Å². The Morgan fingerprint density at radius 1 is 1.14 bits per heavy atom. The summed E-state index contributed by atoms with van der Waals surface area (Å²) in [5.41, 5.74) is -0.377. The molecule has 2 fully saturated rings. The maximum atomic E-state index is 13.0. The first kappa shape index (κ1) is 20.6. The van der Waals surface area contributed by atoms with Crippen molar-refractivity contribution in [1.29, 1.82) is 0 Å². The van der Waals surface area contributed by atoms with E-state index in [-0.39, 0.29) is 28.5 Å². The molecule has 156 valence electrons. The molecule has 1 aliphatic carbocycles. The highest BCUT2D eigenvalue weighted by Gasteiger charge is 2.45. The molecular formula is C19H18BrF3N2O3S. The lowest BCUT2D eigenvalue weighted by Crippen LogP contribution is -2.24. The number of hydrogen-bond donors (Lipinski definition) is 1. The molecule has 0 amide bonds. The monoisotopic (exact) mass is 490 g/mol. The second kappa shape index (κ2) is 7.24. The average Bonchev–Trinajstić information content (AvgIpc) is 3.20. The number of aromatic nitrogens is 1. The molecule has 1 N–H and O–H groups in total. The third-order valence-electron chi connectivity index (χ3n) is 5.85. The Kier molecular flexibility index (Phi) is 5.15. The molecule has 1 unspecified atom stereocenters. The molecule has 0 bridgehead atoms. The van der Waals surface area contributed by atoms with Crippen LogP contribution in [0.15, 0.2) is 45.8 Å². The van der Waals surface area contributed by atoms with E-state index in [0.717, 1.165) is 18.9 Å². The van der Waals surface area contributed by atoms with Gasteiger partial charge < -0.3 is 4.90 Å². The van der Waals surface area contributed by atoms with Gasteiger partial charge in [0.15, 0.2) is 0 Å². The van der Waals surface area contributed by atoms with Gasteiger partial charge in [-0.05, 0) is 66.5 Å². The zero-order chi connectivity index (χ0) is 21.0. The summed E-state index contributed by atoms with van der Waals surface area (Å²) in [5.74, 6) is 0.466. The van der Waals surface area contributed by atoms with Crippen LogP contribution >= 0.6 is 15.9 Å². The number of alkyl halides is 3. The fourth-order valence-electron chi connectivity index (χ4n) is 4.64. The zero-order valence-electron chi connectivity index (χ0n) is 15.1. The first-order valence-corrected chi connectivity index (χ1v) is 11.3. The van der Waals surface area contributed by atoms with E-state index in [9.17, 15) is 26.1 Å². The van der Waals surface area contributed by atoms with Gasteiger partial charge in [-0.25, -0.2) is 4.98 Å². The maximum absolute atomic E-state index is 13.0. The zero-order valence-corrected chi connectivity index (χ0v) is 17.5. The Bertz CT molecular complexity index is 1050. The minimum absolute atomic E-state index is 0.0705. The number of rotatable bonds is 3. The van der Waals surface area contributed by atoms with Gasteiger partial charge in [-0.2, -0.15) is 21.6 Å². The molecule has 29 heavy (non-hydrogen) atoms. The SMILES string of the molecule is O=S(=O)(O)c1ccc(Br)cc1C1CC[C@@H]2CN(c3cccc(C(F)(F)F)n3)C[C@H]12. The van der Waals surface area contributed by atoms with E-state index in [1.807, 2.05) is 4.90 Å². The number of halogens is 4. The highest BCUT2D eigenvalue weighted by Crippen LogP contribution is 2.50. The van der Waals surface area contributed by atoms with Crippen LogP contribution in [0.1, 0.15) is 30.0 Å². The molecule has 2 heterocycles. The van der Waals surface area contributed by atoms with Gasteiger partial charge in [0, 0.05) is 17.6 Å². The molecule has 1 saturated heterocycles. The van der Waals surface area contributed by atoms with Crippen molar-refractivity contribution >= 4 is 31.9 Å². The maximum Gasteiger partial charge on any atom is 0.433 e. The average molecular weight is 491 g/mol. The fourth-order valence-corrected chi connectivity index (χ4v) is 5.77. The smallest absolute Gasteiger partial charge is 0.356 e. The lowest BCUT2D eigenvalue weighted by atomic mass is 9.87. The van der Waals surface area contributed by atoms with Crippen LogP contribution in [0.2, 0.25) is 0 Å². The van der Waals surface area contributed by atoms with E-state index < -0.39 is 22.0 Å². The Morgan fingerprint density at radius 3 is 2.59 bits per heavy atom. The largest absolute Gasteiger partial charge is 0.433 e. The predicted molar refractivity (Wildman–Crippen MR) is 104 cm³/mol. The highest BCUT2D eigenvalue weighted by molar-refractivity contribution is 9.10. The van der Waals surface area contributed by atoms with E-state index in [2.05, 4.69) is 20.9 Å². The summed E-state index contributed by atoms with van der Waals surface area (Å²) in [5, 5.41) is 0. The minimum atomic E-state index is -4.51. The van der Waals surface area contributed by atoms with E-state index in [0.29, 0.717) is 23.1 Å². The van der Waals surface area contributed by atoms with Gasteiger partial charge in [-0.3, -0.25) is 4.55 Å². The molecule has 2 aliphatic rings. The molecule has 3 atom stereocenters. The van der Waals surface area contributed by atoms with Crippen molar-refractivity contribution in [3.05, 3.63) is 52.1 Å². The Balaban J connectivity index is 1.63. The number of hydrogen-bond acceptors (Lipinski definition) is 4. The highest BCUT2D eigenvalue weighted by atomic mass is 79.9. The Hall–Kier alpha value is -1.65. The van der Waals surface area contributed by atoms with Gasteiger partial charge in [0.1, 0.15) is 11.5 Å². The molecule has 2 aromatic rings. The van der Waals surface area contributed by atoms with Gasteiger partial charge in [0.05, 0.1) is 4.90 Å². The number of fused-ring (bicyclic) bond motifs is 1. The Morgan fingerprint density at radius 2 is 1.90 bits per heavy atom. The van der Waals surface area contributed by atoms with Gasteiger partial charge in [-0.1, -0.05) is 22.0 Å². The molecule has 10 heteroatoms. The lowest BCUT2D eigenvalue weighted by molar-refractivity contribution is -0.141. The van der Waals surface area contributed by atoms with Crippen molar-refractivity contribution in [2.75, 3.05) is 18.0 Å². The molecular weight excluding hydrogens is 473 g/mol. The molecule has 1 aromatic heterocycles. The van der Waals surface area contributed by atoms with Gasteiger partial charge in [0.25, 0.3) is 10.1 Å². The van der Waals surface area contributed by atoms with Crippen LogP contribution in [0.4, 0.5) is 19.0 Å². The first-order chi connectivity index (χ1) is 13.5. The van der Waals surface area contributed by atoms with Gasteiger partial charge >= 0.3 is 6.18 Å². The van der Waals surface area contributed by atoms with Crippen molar-refractivity contribution in [2.24, 2.45) is 11.8 Å². The van der Waals surface area contributed by atoms with Crippen molar-refractivity contribution in [1.82, 2.24) is 4.98 Å². The normalized spacial score (nSPS) is 24.7. The van der Waals surface area contributed by atoms with Crippen molar-refractivity contribution in [3.8, 4) is 0 Å². The second-order valence-corrected chi connectivity index (χ2v) is 9.85. The lowest BCUT2D eigenvalue weighted by Gasteiger charge is -2.23. The standard InChI is InChI=1S/C19H18BrF3N2O3S/c20-12-5-7-16(29(26,27)28)14(8-12)13-6-4-11-9-25(10-15(11)13)18-3-1-2-17(24-18)19(21,22)23/h1-3,5,7-8,11,13,15H,4,6,9-10H2,(H,26,27,28)/t11-,13?,15+/m1/s1. The van der Waals surface area contributed by atoms with Crippen LogP contribution in [0.3, 0.4) is 0 Å². The summed E-state index contributed by atoms with van der Waals surface area (Å²) in [6, 6.07) is 8.51. The minimum Gasteiger partial charge on any atom is -0.356 e. The summed E-state index contributed by atoms with van der Waals surface area (Å²) >= 11 is 3.35. The molecule has 0 radical (unpaired) electrons. The van der Waals surface area contributed by atoms with E-state index in [1.54, 1.807) is 18.2 Å². The third-order valence-corrected chi connectivity index (χ3v) is 7.28. The molecule has 1 aliphatic heterocycles. The van der Waals surface area contributed by atoms with Crippen LogP contribution in [0.25, 0.3) is 0 Å². The van der Waals surface area contributed by atoms with Crippen LogP contribution in [0.5, 0.6) is 0 Å². The van der Waals surface area contributed by atoms with Crippen LogP contribution in [-0.4, -0.2) is 31.0 Å². The number of benzene rings is 1. The predicted octanol–water partition coefficient (Wildman–Crippen LogP) is 4.74. The van der Waals surface area contributed by atoms with Crippen molar-refractivity contribution in [3.63, 3.8) is 0 Å². The second-order valence-electron chi connectivity index (χ2n) is 7.55. The van der Waals surface area contributed by atoms with Crippen LogP contribution in [-0.2, 0) is 16.3 Å². The van der Waals surface area contributed by atoms with Gasteiger partial charge in [0.2, 0.25) is 0 Å². The van der Waals surface area contributed by atoms with Crippen LogP contribution in [0, 0.1) is 11.8 Å². The number of anilines is 1.